The number of hydrogen-bond donors (Lipinski definition) is 1. The minimum atomic E-state index is -4.71. The number of likely N-dealkylation sites (tertiary alicyclic amines) is 1. The zero-order chi connectivity index (χ0) is 27.7. The van der Waals surface area contributed by atoms with Crippen molar-refractivity contribution < 1.29 is 41.0 Å². The van der Waals surface area contributed by atoms with Crippen molar-refractivity contribution in [1.82, 2.24) is 4.90 Å². The van der Waals surface area contributed by atoms with Gasteiger partial charge in [-0.05, 0) is 85.9 Å². The first-order valence-electron chi connectivity index (χ1n) is 13.2. The van der Waals surface area contributed by atoms with Crippen LogP contribution in [0.3, 0.4) is 0 Å². The Kier molecular flexibility index (Phi) is 8.49. The zero-order valence-electron chi connectivity index (χ0n) is 21.2. The molecule has 0 aromatic heterocycles. The van der Waals surface area contributed by atoms with E-state index in [2.05, 4.69) is 4.90 Å². The number of halogens is 6. The van der Waals surface area contributed by atoms with E-state index in [1.54, 1.807) is 18.2 Å². The number of ether oxygens (including phenoxy) is 1. The summed E-state index contributed by atoms with van der Waals surface area (Å²) in [6.45, 7) is 3.42. The van der Waals surface area contributed by atoms with Gasteiger partial charge in [-0.2, -0.15) is 26.3 Å². The summed E-state index contributed by atoms with van der Waals surface area (Å²) < 4.78 is 87.3. The lowest BCUT2D eigenvalue weighted by molar-refractivity contribution is -0.185. The number of aliphatic carboxylic acids is 1. The van der Waals surface area contributed by atoms with Gasteiger partial charge < -0.3 is 9.84 Å². The van der Waals surface area contributed by atoms with Crippen molar-refractivity contribution in [3.05, 3.63) is 41.5 Å². The molecule has 0 spiro atoms. The molecule has 1 N–H and O–H groups in total. The van der Waals surface area contributed by atoms with Gasteiger partial charge in [-0.3, -0.25) is 9.69 Å². The summed E-state index contributed by atoms with van der Waals surface area (Å²) >= 11 is 0. The summed E-state index contributed by atoms with van der Waals surface area (Å²) in [6.07, 6.45) is -7.40. The number of carbonyl (C=O) groups is 1. The van der Waals surface area contributed by atoms with Crippen LogP contribution in [0.4, 0.5) is 26.3 Å². The van der Waals surface area contributed by atoms with Crippen LogP contribution in [0.2, 0.25) is 0 Å². The second kappa shape index (κ2) is 11.3. The summed E-state index contributed by atoms with van der Waals surface area (Å²) in [4.78, 5) is 13.4. The van der Waals surface area contributed by atoms with Gasteiger partial charge in [-0.25, -0.2) is 0 Å². The van der Waals surface area contributed by atoms with Gasteiger partial charge in [0.15, 0.2) is 0 Å². The van der Waals surface area contributed by atoms with Crippen molar-refractivity contribution in [3.8, 4) is 5.75 Å². The fourth-order valence-electron chi connectivity index (χ4n) is 6.11. The monoisotopic (exact) mass is 545 g/mol. The van der Waals surface area contributed by atoms with Gasteiger partial charge in [-0.1, -0.05) is 25.1 Å². The van der Waals surface area contributed by atoms with Crippen molar-refractivity contribution in [1.29, 1.82) is 0 Å². The van der Waals surface area contributed by atoms with E-state index in [1.165, 1.54) is 12.1 Å². The van der Waals surface area contributed by atoms with E-state index < -0.39 is 35.9 Å². The molecule has 10 heteroatoms. The van der Waals surface area contributed by atoms with E-state index in [9.17, 15) is 36.2 Å². The Balaban J connectivity index is 1.58. The van der Waals surface area contributed by atoms with Gasteiger partial charge in [-0.15, -0.1) is 0 Å². The summed E-state index contributed by atoms with van der Waals surface area (Å²) in [5.74, 6) is -2.58. The molecule has 1 saturated heterocycles. The summed E-state index contributed by atoms with van der Waals surface area (Å²) in [6, 6.07) is 7.67. The Labute approximate surface area is 217 Å². The smallest absolute Gasteiger partial charge is 0.420 e. The lowest BCUT2D eigenvalue weighted by Crippen LogP contribution is -2.38. The molecule has 1 heterocycles. The number of carboxylic acid groups (broad SMARTS) is 1. The Morgan fingerprint density at radius 3 is 2.37 bits per heavy atom. The number of nitrogens with zero attached hydrogens (tertiary/aromatic N) is 1. The maximum atomic E-state index is 14.2. The molecular formula is C28H33F6NO3. The highest BCUT2D eigenvalue weighted by Crippen LogP contribution is 2.44. The van der Waals surface area contributed by atoms with Crippen LogP contribution in [0.1, 0.15) is 75.5 Å². The van der Waals surface area contributed by atoms with Crippen LogP contribution in [0, 0.1) is 11.8 Å². The lowest BCUT2D eigenvalue weighted by atomic mass is 9.87. The van der Waals surface area contributed by atoms with Gasteiger partial charge in [0.25, 0.3) is 0 Å². The van der Waals surface area contributed by atoms with E-state index in [0.717, 1.165) is 31.4 Å². The van der Waals surface area contributed by atoms with Crippen LogP contribution in [-0.4, -0.2) is 41.3 Å². The highest BCUT2D eigenvalue weighted by Gasteiger charge is 2.43. The van der Waals surface area contributed by atoms with Crippen LogP contribution < -0.4 is 4.74 Å². The van der Waals surface area contributed by atoms with Crippen LogP contribution in [0.5, 0.6) is 5.75 Å². The van der Waals surface area contributed by atoms with Crippen LogP contribution >= 0.6 is 0 Å². The maximum absolute atomic E-state index is 14.2. The summed E-state index contributed by atoms with van der Waals surface area (Å²) in [5, 5.41) is 9.57. The van der Waals surface area contributed by atoms with Gasteiger partial charge in [0, 0.05) is 19.0 Å². The van der Waals surface area contributed by atoms with Crippen molar-refractivity contribution in [2.75, 3.05) is 13.1 Å². The topological polar surface area (TPSA) is 49.8 Å². The number of rotatable bonds is 7. The van der Waals surface area contributed by atoms with Crippen LogP contribution in [0.15, 0.2) is 30.3 Å². The van der Waals surface area contributed by atoms with Crippen molar-refractivity contribution in [2.45, 2.75) is 82.8 Å². The van der Waals surface area contributed by atoms with Crippen LogP contribution in [0.25, 0.3) is 10.8 Å². The van der Waals surface area contributed by atoms with Gasteiger partial charge in [0.2, 0.25) is 0 Å². The second-order valence-electron chi connectivity index (χ2n) is 10.6. The predicted molar refractivity (Wildman–Crippen MR) is 131 cm³/mol. The number of carboxylic acids is 1. The molecule has 2 aliphatic rings. The van der Waals surface area contributed by atoms with Gasteiger partial charge in [0.05, 0.1) is 12.0 Å². The molecule has 2 aromatic carbocycles. The van der Waals surface area contributed by atoms with Gasteiger partial charge in [0.1, 0.15) is 11.3 Å². The molecule has 0 amide bonds. The SMILES string of the molecule is CC[C@@H](c1ccc2c(C(F)(F)F)c(O[C@H]3CC[C@@H](C(F)(F)F)CC3)ccc2c1)N1CCCC(CC(=O)O)C1. The number of hydrogen-bond acceptors (Lipinski definition) is 3. The molecule has 1 aliphatic carbocycles. The minimum absolute atomic E-state index is 0.0139. The molecular weight excluding hydrogens is 512 g/mol. The highest BCUT2D eigenvalue weighted by molar-refractivity contribution is 5.89. The molecule has 4 nitrogen and oxygen atoms in total. The quantitative estimate of drug-likeness (QED) is 0.358. The first-order chi connectivity index (χ1) is 17.9. The third kappa shape index (κ3) is 6.55. The van der Waals surface area contributed by atoms with Crippen molar-refractivity contribution in [2.24, 2.45) is 11.8 Å². The first kappa shape index (κ1) is 28.5. The van der Waals surface area contributed by atoms with E-state index in [4.69, 9.17) is 4.74 Å². The third-order valence-corrected chi connectivity index (χ3v) is 7.95. The molecule has 4 rings (SSSR count). The summed E-state index contributed by atoms with van der Waals surface area (Å²) in [7, 11) is 0. The lowest BCUT2D eigenvalue weighted by Gasteiger charge is -2.38. The molecule has 1 unspecified atom stereocenters. The summed E-state index contributed by atoms with van der Waals surface area (Å²) in [5.41, 5.74) is -0.0460. The third-order valence-electron chi connectivity index (χ3n) is 7.95. The molecule has 0 bridgehead atoms. The minimum Gasteiger partial charge on any atom is -0.490 e. The Hall–Kier alpha value is -2.49. The number of fused-ring (bicyclic) bond motifs is 1. The largest absolute Gasteiger partial charge is 0.490 e. The maximum Gasteiger partial charge on any atom is 0.420 e. The van der Waals surface area contributed by atoms with Crippen molar-refractivity contribution in [3.63, 3.8) is 0 Å². The molecule has 2 atom stereocenters. The fraction of sp³-hybridized carbons (Fsp3) is 0.607. The van der Waals surface area contributed by atoms with Gasteiger partial charge >= 0.3 is 18.3 Å². The normalized spacial score (nSPS) is 24.3. The number of alkyl halides is 6. The molecule has 1 aliphatic heterocycles. The predicted octanol–water partition coefficient (Wildman–Crippen LogP) is 8.00. The fourth-order valence-corrected chi connectivity index (χ4v) is 6.11. The molecule has 38 heavy (non-hydrogen) atoms. The molecule has 1 saturated carbocycles. The molecule has 2 fully saturated rings. The zero-order valence-corrected chi connectivity index (χ0v) is 21.2. The highest BCUT2D eigenvalue weighted by atomic mass is 19.4. The number of piperidine rings is 1. The average Bonchev–Trinajstić information content (AvgIpc) is 2.83. The Morgan fingerprint density at radius 1 is 1.05 bits per heavy atom. The van der Waals surface area contributed by atoms with Crippen molar-refractivity contribution >= 4 is 16.7 Å². The average molecular weight is 546 g/mol. The standard InChI is InChI=1S/C28H33F6NO3/c1-2-23(35-13-3-4-17(16-35)14-25(36)37)19-5-11-22-18(15-19)6-12-24(26(22)28(32,33)34)38-21-9-7-20(8-10-21)27(29,30)31/h5-6,11-12,15,17,20-21,23H,2-4,7-10,13-14,16H2,1H3,(H,36,37)/t17?,20-,21+,23-/m0/s1. The van der Waals surface area contributed by atoms with Crippen LogP contribution in [-0.2, 0) is 11.0 Å². The number of benzene rings is 2. The Morgan fingerprint density at radius 2 is 1.76 bits per heavy atom. The second-order valence-corrected chi connectivity index (χ2v) is 10.6. The molecule has 210 valence electrons. The van der Waals surface area contributed by atoms with E-state index in [-0.39, 0.29) is 55.2 Å². The molecule has 0 radical (unpaired) electrons. The van der Waals surface area contributed by atoms with E-state index in [1.807, 2.05) is 6.92 Å². The Bertz CT molecular complexity index is 1120. The molecule has 2 aromatic rings. The van der Waals surface area contributed by atoms with E-state index >= 15 is 0 Å². The van der Waals surface area contributed by atoms with E-state index in [0.29, 0.717) is 11.9 Å². The first-order valence-corrected chi connectivity index (χ1v) is 13.2.